The first-order chi connectivity index (χ1) is 11.7. The lowest BCUT2D eigenvalue weighted by Crippen LogP contribution is -2.38. The number of ether oxygens (including phenoxy) is 1. The number of thiophene rings is 1. The first kappa shape index (κ1) is 16.4. The minimum absolute atomic E-state index is 0.0789. The second-order valence-corrected chi connectivity index (χ2v) is 8.46. The van der Waals surface area contributed by atoms with Crippen molar-refractivity contribution in [3.05, 3.63) is 21.3 Å². The van der Waals surface area contributed by atoms with Crippen LogP contribution in [0.25, 0.3) is 0 Å². The van der Waals surface area contributed by atoms with Crippen LogP contribution in [0.4, 0.5) is 5.95 Å². The minimum atomic E-state index is 0.0789. The SMILES string of the molecule is O=C(CSc1nnc(N2CCOCC2)n1C1CC1)c1ccc(Cl)s1. The van der Waals surface area contributed by atoms with Gasteiger partial charge in [-0.15, -0.1) is 21.5 Å². The van der Waals surface area contributed by atoms with Gasteiger partial charge in [-0.3, -0.25) is 9.36 Å². The van der Waals surface area contributed by atoms with Crippen LogP contribution in [-0.4, -0.2) is 52.6 Å². The highest BCUT2D eigenvalue weighted by atomic mass is 35.5. The quantitative estimate of drug-likeness (QED) is 0.563. The van der Waals surface area contributed by atoms with Gasteiger partial charge >= 0.3 is 0 Å². The number of hydrogen-bond acceptors (Lipinski definition) is 7. The first-order valence-electron chi connectivity index (χ1n) is 7.91. The molecule has 0 amide bonds. The summed E-state index contributed by atoms with van der Waals surface area (Å²) in [5.41, 5.74) is 0. The molecule has 9 heteroatoms. The molecule has 1 saturated carbocycles. The third-order valence-corrected chi connectivity index (χ3v) is 6.25. The van der Waals surface area contributed by atoms with Crippen LogP contribution in [0, 0.1) is 0 Å². The molecule has 0 aromatic carbocycles. The zero-order valence-electron chi connectivity index (χ0n) is 13.0. The average Bonchev–Trinajstić information content (AvgIpc) is 3.20. The number of ketones is 1. The minimum Gasteiger partial charge on any atom is -0.378 e. The van der Waals surface area contributed by atoms with Crippen molar-refractivity contribution in [1.29, 1.82) is 0 Å². The van der Waals surface area contributed by atoms with E-state index in [0.29, 0.717) is 21.0 Å². The van der Waals surface area contributed by atoms with Gasteiger partial charge in [0, 0.05) is 19.1 Å². The number of aromatic nitrogens is 3. The van der Waals surface area contributed by atoms with Gasteiger partial charge < -0.3 is 9.64 Å². The van der Waals surface area contributed by atoms with Gasteiger partial charge in [-0.1, -0.05) is 23.4 Å². The maximum Gasteiger partial charge on any atom is 0.228 e. The van der Waals surface area contributed by atoms with Crippen LogP contribution < -0.4 is 4.90 Å². The van der Waals surface area contributed by atoms with Crippen LogP contribution in [0.2, 0.25) is 4.34 Å². The van der Waals surface area contributed by atoms with Gasteiger partial charge in [-0.2, -0.15) is 0 Å². The van der Waals surface area contributed by atoms with E-state index in [0.717, 1.165) is 50.2 Å². The number of morpholine rings is 1. The molecule has 2 aromatic rings. The fourth-order valence-corrected chi connectivity index (χ4v) is 4.62. The summed E-state index contributed by atoms with van der Waals surface area (Å²) in [5.74, 6) is 1.34. The second kappa shape index (κ2) is 7.03. The molecular weight excluding hydrogens is 368 g/mol. The standard InChI is InChI=1S/C15H17ClN4O2S2/c16-13-4-3-12(24-13)11(21)9-23-15-18-17-14(20(15)10-1-2-10)19-5-7-22-8-6-19/h3-4,10H,1-2,5-9H2. The van der Waals surface area contributed by atoms with E-state index in [1.807, 2.05) is 0 Å². The van der Waals surface area contributed by atoms with Crippen LogP contribution in [0.15, 0.2) is 17.3 Å². The summed E-state index contributed by atoms with van der Waals surface area (Å²) in [4.78, 5) is 15.2. The number of carbonyl (C=O) groups excluding carboxylic acids is 1. The van der Waals surface area contributed by atoms with Crippen molar-refractivity contribution in [3.8, 4) is 0 Å². The first-order valence-corrected chi connectivity index (χ1v) is 10.1. The zero-order valence-corrected chi connectivity index (χ0v) is 15.4. The lowest BCUT2D eigenvalue weighted by Gasteiger charge is -2.27. The van der Waals surface area contributed by atoms with Gasteiger partial charge in [0.05, 0.1) is 28.2 Å². The van der Waals surface area contributed by atoms with E-state index in [-0.39, 0.29) is 5.78 Å². The molecule has 1 saturated heterocycles. The molecule has 6 nitrogen and oxygen atoms in total. The smallest absolute Gasteiger partial charge is 0.228 e. The molecule has 24 heavy (non-hydrogen) atoms. The molecule has 0 N–H and O–H groups in total. The monoisotopic (exact) mass is 384 g/mol. The highest BCUT2D eigenvalue weighted by molar-refractivity contribution is 7.99. The van der Waals surface area contributed by atoms with Gasteiger partial charge in [-0.05, 0) is 25.0 Å². The molecule has 2 aromatic heterocycles. The zero-order chi connectivity index (χ0) is 16.5. The lowest BCUT2D eigenvalue weighted by atomic mass is 10.4. The molecule has 2 aliphatic rings. The Labute approximate surface area is 153 Å². The van der Waals surface area contributed by atoms with Crippen LogP contribution in [0.3, 0.4) is 0 Å². The molecular formula is C15H17ClN4O2S2. The van der Waals surface area contributed by atoms with Crippen molar-refractivity contribution in [2.24, 2.45) is 0 Å². The summed E-state index contributed by atoms with van der Waals surface area (Å²) in [6.45, 7) is 3.11. The maximum absolute atomic E-state index is 12.3. The predicted octanol–water partition coefficient (Wildman–Crippen LogP) is 3.14. The second-order valence-electron chi connectivity index (χ2n) is 5.80. The molecule has 0 bridgehead atoms. The van der Waals surface area contributed by atoms with Gasteiger partial charge in [0.2, 0.25) is 5.95 Å². The van der Waals surface area contributed by atoms with Crippen LogP contribution in [0.1, 0.15) is 28.6 Å². The number of thioether (sulfide) groups is 1. The predicted molar refractivity (Wildman–Crippen MR) is 95.7 cm³/mol. The topological polar surface area (TPSA) is 60.3 Å². The molecule has 4 rings (SSSR count). The Balaban J connectivity index is 1.48. The summed E-state index contributed by atoms with van der Waals surface area (Å²) in [6.07, 6.45) is 2.30. The fourth-order valence-electron chi connectivity index (χ4n) is 2.66. The van der Waals surface area contributed by atoms with Gasteiger partial charge in [0.15, 0.2) is 10.9 Å². The van der Waals surface area contributed by atoms with Crippen LogP contribution >= 0.6 is 34.7 Å². The summed E-state index contributed by atoms with van der Waals surface area (Å²) in [7, 11) is 0. The van der Waals surface area contributed by atoms with Crippen molar-refractivity contribution >= 4 is 46.4 Å². The molecule has 128 valence electrons. The van der Waals surface area contributed by atoms with Crippen molar-refractivity contribution in [2.75, 3.05) is 37.0 Å². The number of nitrogens with zero attached hydrogens (tertiary/aromatic N) is 4. The fraction of sp³-hybridized carbons (Fsp3) is 0.533. The van der Waals surface area contributed by atoms with Crippen molar-refractivity contribution in [1.82, 2.24) is 14.8 Å². The van der Waals surface area contributed by atoms with Gasteiger partial charge in [0.1, 0.15) is 0 Å². The Hall–Kier alpha value is -1.09. The van der Waals surface area contributed by atoms with E-state index in [1.54, 1.807) is 12.1 Å². The summed E-state index contributed by atoms with van der Waals surface area (Å²) in [6, 6.07) is 4.00. The maximum atomic E-state index is 12.3. The van der Waals surface area contributed by atoms with E-state index in [9.17, 15) is 4.79 Å². The molecule has 3 heterocycles. The average molecular weight is 385 g/mol. The molecule has 0 radical (unpaired) electrons. The Morgan fingerprint density at radius 2 is 2.12 bits per heavy atom. The Kier molecular flexibility index (Phi) is 4.80. The number of Topliss-reactive ketones (excluding diaryl/α,β-unsaturated/α-hetero) is 1. The number of halogens is 1. The van der Waals surface area contributed by atoms with E-state index >= 15 is 0 Å². The Bertz CT molecular complexity index is 738. The van der Waals surface area contributed by atoms with E-state index in [1.165, 1.54) is 23.1 Å². The molecule has 1 aliphatic heterocycles. The third-order valence-electron chi connectivity index (χ3n) is 4.03. The summed E-state index contributed by atoms with van der Waals surface area (Å²) in [5, 5.41) is 9.56. The summed E-state index contributed by atoms with van der Waals surface area (Å²) < 4.78 is 8.25. The number of hydrogen-bond donors (Lipinski definition) is 0. The van der Waals surface area contributed by atoms with Gasteiger partial charge in [-0.25, -0.2) is 0 Å². The number of anilines is 1. The van der Waals surface area contributed by atoms with Crippen molar-refractivity contribution < 1.29 is 9.53 Å². The van der Waals surface area contributed by atoms with Crippen molar-refractivity contribution in [3.63, 3.8) is 0 Å². The molecule has 0 atom stereocenters. The van der Waals surface area contributed by atoms with Crippen LogP contribution in [-0.2, 0) is 4.74 Å². The highest BCUT2D eigenvalue weighted by Crippen LogP contribution is 2.41. The largest absolute Gasteiger partial charge is 0.378 e. The Morgan fingerprint density at radius 1 is 1.33 bits per heavy atom. The normalized spacial score (nSPS) is 18.1. The molecule has 0 spiro atoms. The summed E-state index contributed by atoms with van der Waals surface area (Å²) >= 11 is 8.68. The Morgan fingerprint density at radius 3 is 2.79 bits per heavy atom. The number of carbonyl (C=O) groups is 1. The number of rotatable bonds is 6. The lowest BCUT2D eigenvalue weighted by molar-refractivity contribution is 0.102. The van der Waals surface area contributed by atoms with Gasteiger partial charge in [0.25, 0.3) is 0 Å². The molecule has 1 aliphatic carbocycles. The van der Waals surface area contributed by atoms with Crippen molar-refractivity contribution in [2.45, 2.75) is 24.0 Å². The van der Waals surface area contributed by atoms with E-state index in [2.05, 4.69) is 19.7 Å². The molecule has 2 fully saturated rings. The molecule has 0 unspecified atom stereocenters. The van der Waals surface area contributed by atoms with E-state index in [4.69, 9.17) is 16.3 Å². The van der Waals surface area contributed by atoms with E-state index < -0.39 is 0 Å². The van der Waals surface area contributed by atoms with Crippen LogP contribution in [0.5, 0.6) is 0 Å². The highest BCUT2D eigenvalue weighted by Gasteiger charge is 2.32. The third kappa shape index (κ3) is 3.46.